The van der Waals surface area contributed by atoms with E-state index in [1.807, 2.05) is 13.0 Å². The highest BCUT2D eigenvalue weighted by atomic mass is 35.5. The van der Waals surface area contributed by atoms with E-state index in [1.54, 1.807) is 24.3 Å². The minimum absolute atomic E-state index is 0.0855. The maximum atomic E-state index is 13.1. The van der Waals surface area contributed by atoms with Gasteiger partial charge in [0.25, 0.3) is 0 Å². The third kappa shape index (κ3) is 4.20. The van der Waals surface area contributed by atoms with Gasteiger partial charge in [-0.05, 0) is 49.2 Å². The number of primary amides is 1. The Kier molecular flexibility index (Phi) is 4.81. The van der Waals surface area contributed by atoms with Crippen molar-refractivity contribution in [3.05, 3.63) is 64.4 Å². The fourth-order valence-electron chi connectivity index (χ4n) is 2.16. The number of hydrogen-bond acceptors (Lipinski definition) is 2. The minimum Gasteiger partial charge on any atom is -0.382 e. The summed E-state index contributed by atoms with van der Waals surface area (Å²) in [5, 5.41) is 3.57. The van der Waals surface area contributed by atoms with Crippen LogP contribution >= 0.6 is 11.6 Å². The lowest BCUT2D eigenvalue weighted by atomic mass is 10.1. The van der Waals surface area contributed by atoms with Crippen LogP contribution in [-0.2, 0) is 6.42 Å². The second-order valence-corrected chi connectivity index (χ2v) is 5.35. The van der Waals surface area contributed by atoms with E-state index in [2.05, 4.69) is 5.32 Å². The van der Waals surface area contributed by atoms with Crippen LogP contribution in [0.4, 0.5) is 10.1 Å². The van der Waals surface area contributed by atoms with Gasteiger partial charge >= 0.3 is 0 Å². The second-order valence-electron chi connectivity index (χ2n) is 4.94. The summed E-state index contributed by atoms with van der Waals surface area (Å²) in [5.74, 6) is -0.798. The molecule has 2 rings (SSSR count). The van der Waals surface area contributed by atoms with Gasteiger partial charge < -0.3 is 11.1 Å². The van der Waals surface area contributed by atoms with E-state index in [-0.39, 0.29) is 11.9 Å². The molecule has 2 aromatic carbocycles. The average molecular weight is 307 g/mol. The molecule has 0 heterocycles. The number of anilines is 1. The first-order chi connectivity index (χ1) is 9.95. The number of nitrogens with two attached hydrogens (primary N) is 1. The van der Waals surface area contributed by atoms with Gasteiger partial charge in [-0.3, -0.25) is 4.79 Å². The molecule has 0 aliphatic heterocycles. The van der Waals surface area contributed by atoms with Crippen molar-refractivity contribution in [2.75, 3.05) is 5.32 Å². The van der Waals surface area contributed by atoms with Crippen molar-refractivity contribution in [1.82, 2.24) is 0 Å². The van der Waals surface area contributed by atoms with Crippen LogP contribution in [0, 0.1) is 5.82 Å². The van der Waals surface area contributed by atoms with Gasteiger partial charge in [0.15, 0.2) is 0 Å². The Morgan fingerprint density at radius 2 is 2.10 bits per heavy atom. The van der Waals surface area contributed by atoms with E-state index < -0.39 is 5.91 Å². The molecule has 0 bridgehead atoms. The van der Waals surface area contributed by atoms with Gasteiger partial charge in [0.05, 0.1) is 10.6 Å². The Bertz CT molecular complexity index is 660. The van der Waals surface area contributed by atoms with Crippen molar-refractivity contribution in [1.29, 1.82) is 0 Å². The zero-order valence-electron chi connectivity index (χ0n) is 11.6. The van der Waals surface area contributed by atoms with Crippen LogP contribution in [0.5, 0.6) is 0 Å². The zero-order chi connectivity index (χ0) is 15.4. The Labute approximate surface area is 127 Å². The van der Waals surface area contributed by atoms with Crippen LogP contribution in [0.15, 0.2) is 42.5 Å². The number of halogens is 2. The van der Waals surface area contributed by atoms with Crippen LogP contribution in [0.3, 0.4) is 0 Å². The van der Waals surface area contributed by atoms with E-state index >= 15 is 0 Å². The summed E-state index contributed by atoms with van der Waals surface area (Å²) in [4.78, 5) is 11.1. The van der Waals surface area contributed by atoms with Gasteiger partial charge in [-0.15, -0.1) is 0 Å². The summed E-state index contributed by atoms with van der Waals surface area (Å²) in [6.45, 7) is 1.99. The van der Waals surface area contributed by atoms with Gasteiger partial charge in [0, 0.05) is 11.7 Å². The summed E-state index contributed by atoms with van der Waals surface area (Å²) in [5.41, 5.74) is 7.19. The second kappa shape index (κ2) is 6.59. The molecule has 1 atom stereocenters. The maximum absolute atomic E-state index is 13.1. The van der Waals surface area contributed by atoms with E-state index in [0.717, 1.165) is 11.3 Å². The van der Waals surface area contributed by atoms with Gasteiger partial charge in [-0.2, -0.15) is 0 Å². The number of nitrogens with one attached hydrogen (secondary N) is 1. The Morgan fingerprint density at radius 1 is 1.33 bits per heavy atom. The van der Waals surface area contributed by atoms with Crippen LogP contribution in [0.2, 0.25) is 5.02 Å². The third-order valence-electron chi connectivity index (χ3n) is 3.08. The molecule has 0 radical (unpaired) electrons. The van der Waals surface area contributed by atoms with Gasteiger partial charge in [-0.1, -0.05) is 23.7 Å². The zero-order valence-corrected chi connectivity index (χ0v) is 12.3. The lowest BCUT2D eigenvalue weighted by Gasteiger charge is -2.16. The molecule has 2 aromatic rings. The number of carbonyl (C=O) groups is 1. The van der Waals surface area contributed by atoms with Crippen molar-refractivity contribution in [2.24, 2.45) is 5.73 Å². The molecule has 3 N–H and O–H groups in total. The summed E-state index contributed by atoms with van der Waals surface area (Å²) < 4.78 is 13.1. The highest BCUT2D eigenvalue weighted by Crippen LogP contribution is 2.21. The lowest BCUT2D eigenvalue weighted by molar-refractivity contribution is 0.100. The largest absolute Gasteiger partial charge is 0.382 e. The monoisotopic (exact) mass is 306 g/mol. The molecule has 21 heavy (non-hydrogen) atoms. The predicted octanol–water partition coefficient (Wildman–Crippen LogP) is 3.62. The molecule has 1 amide bonds. The highest BCUT2D eigenvalue weighted by Gasteiger charge is 2.09. The summed E-state index contributed by atoms with van der Waals surface area (Å²) in [6, 6.07) is 11.6. The Balaban J connectivity index is 2.04. The number of benzene rings is 2. The Hall–Kier alpha value is -2.07. The van der Waals surface area contributed by atoms with Crippen LogP contribution < -0.4 is 11.1 Å². The van der Waals surface area contributed by atoms with Crippen molar-refractivity contribution in [3.8, 4) is 0 Å². The number of amides is 1. The van der Waals surface area contributed by atoms with Gasteiger partial charge in [0.2, 0.25) is 5.91 Å². The molecule has 0 saturated heterocycles. The number of rotatable bonds is 5. The molecule has 5 heteroatoms. The minimum atomic E-state index is -0.556. The topological polar surface area (TPSA) is 55.1 Å². The van der Waals surface area contributed by atoms with Gasteiger partial charge in [0.1, 0.15) is 5.82 Å². The number of carbonyl (C=O) groups excluding carboxylic acids is 1. The summed E-state index contributed by atoms with van der Waals surface area (Å²) in [7, 11) is 0. The average Bonchev–Trinajstić information content (AvgIpc) is 2.38. The molecule has 0 aliphatic carbocycles. The summed E-state index contributed by atoms with van der Waals surface area (Å²) >= 11 is 6.00. The van der Waals surface area contributed by atoms with Crippen molar-refractivity contribution < 1.29 is 9.18 Å². The lowest BCUT2D eigenvalue weighted by Crippen LogP contribution is -2.18. The van der Waals surface area contributed by atoms with Crippen molar-refractivity contribution in [2.45, 2.75) is 19.4 Å². The normalized spacial score (nSPS) is 12.0. The highest BCUT2D eigenvalue weighted by molar-refractivity contribution is 6.34. The fourth-order valence-corrected chi connectivity index (χ4v) is 2.43. The molecule has 0 aliphatic rings. The Morgan fingerprint density at radius 3 is 2.71 bits per heavy atom. The summed E-state index contributed by atoms with van der Waals surface area (Å²) in [6.07, 6.45) is 0.674. The molecule has 0 aromatic heterocycles. The smallest absolute Gasteiger partial charge is 0.250 e. The molecule has 0 saturated carbocycles. The van der Waals surface area contributed by atoms with E-state index in [4.69, 9.17) is 17.3 Å². The first-order valence-corrected chi connectivity index (χ1v) is 6.94. The molecular formula is C16H16ClFN2O. The molecular weight excluding hydrogens is 291 g/mol. The van der Waals surface area contributed by atoms with Gasteiger partial charge in [-0.25, -0.2) is 4.39 Å². The van der Waals surface area contributed by atoms with E-state index in [1.165, 1.54) is 12.1 Å². The molecule has 1 unspecified atom stereocenters. The van der Waals surface area contributed by atoms with E-state index in [9.17, 15) is 9.18 Å². The van der Waals surface area contributed by atoms with Crippen molar-refractivity contribution in [3.63, 3.8) is 0 Å². The van der Waals surface area contributed by atoms with Crippen LogP contribution in [0.1, 0.15) is 22.8 Å². The molecule has 110 valence electrons. The van der Waals surface area contributed by atoms with E-state index in [0.29, 0.717) is 17.0 Å². The van der Waals surface area contributed by atoms with Crippen molar-refractivity contribution >= 4 is 23.2 Å². The first-order valence-electron chi connectivity index (χ1n) is 6.56. The molecule has 0 fully saturated rings. The first kappa shape index (κ1) is 15.3. The SMILES string of the molecule is CC(Cc1cccc(F)c1)Nc1ccc(C(N)=O)c(Cl)c1. The number of hydrogen-bond donors (Lipinski definition) is 2. The molecule has 3 nitrogen and oxygen atoms in total. The van der Waals surface area contributed by atoms with Crippen LogP contribution in [-0.4, -0.2) is 11.9 Å². The van der Waals surface area contributed by atoms with Crippen LogP contribution in [0.25, 0.3) is 0 Å². The standard InChI is InChI=1S/C16H16ClFN2O/c1-10(7-11-3-2-4-12(18)8-11)20-13-5-6-14(16(19)21)15(17)9-13/h2-6,8-10,20H,7H2,1H3,(H2,19,21). The maximum Gasteiger partial charge on any atom is 0.250 e. The third-order valence-corrected chi connectivity index (χ3v) is 3.39. The molecule has 0 spiro atoms. The predicted molar refractivity (Wildman–Crippen MR) is 83.2 cm³/mol. The quantitative estimate of drug-likeness (QED) is 0.886. The fraction of sp³-hybridized carbons (Fsp3) is 0.188.